The number of nitrogens with zero attached hydrogens (tertiary/aromatic N) is 1. The molecular formula is C12H10F2N2S. The van der Waals surface area contributed by atoms with Crippen LogP contribution in [0.4, 0.5) is 14.6 Å². The van der Waals surface area contributed by atoms with Gasteiger partial charge in [0.25, 0.3) is 0 Å². The Hall–Kier alpha value is -1.62. The number of thioether (sulfide) groups is 1. The predicted octanol–water partition coefficient (Wildman–Crippen LogP) is 3.23. The SMILES string of the molecule is Nc1cc(CSc2ccc(F)cc2F)ccn1. The van der Waals surface area contributed by atoms with Gasteiger partial charge in [-0.3, -0.25) is 0 Å². The second-order valence-electron chi connectivity index (χ2n) is 3.45. The van der Waals surface area contributed by atoms with Crippen molar-refractivity contribution in [2.24, 2.45) is 0 Å². The van der Waals surface area contributed by atoms with Gasteiger partial charge in [-0.05, 0) is 29.8 Å². The Kier molecular flexibility index (Phi) is 3.58. The minimum absolute atomic E-state index is 0.418. The number of aromatic nitrogens is 1. The van der Waals surface area contributed by atoms with Gasteiger partial charge in [0.2, 0.25) is 0 Å². The average molecular weight is 252 g/mol. The molecule has 0 atom stereocenters. The summed E-state index contributed by atoms with van der Waals surface area (Å²) in [6, 6.07) is 7.09. The molecule has 2 rings (SSSR count). The van der Waals surface area contributed by atoms with Crippen molar-refractivity contribution in [1.29, 1.82) is 0 Å². The minimum atomic E-state index is -0.569. The standard InChI is InChI=1S/C12H10F2N2S/c13-9-1-2-11(10(14)6-9)17-7-8-3-4-16-12(15)5-8/h1-6H,7H2,(H2,15,16). The van der Waals surface area contributed by atoms with Gasteiger partial charge in [-0.1, -0.05) is 0 Å². The lowest BCUT2D eigenvalue weighted by Crippen LogP contribution is -1.91. The van der Waals surface area contributed by atoms with E-state index < -0.39 is 11.6 Å². The molecule has 2 aromatic rings. The maximum absolute atomic E-state index is 13.3. The second kappa shape index (κ2) is 5.14. The molecule has 0 unspecified atom stereocenters. The van der Waals surface area contributed by atoms with E-state index in [1.807, 2.05) is 6.07 Å². The number of anilines is 1. The second-order valence-corrected chi connectivity index (χ2v) is 4.47. The van der Waals surface area contributed by atoms with E-state index in [4.69, 9.17) is 5.73 Å². The largest absolute Gasteiger partial charge is 0.384 e. The molecule has 0 bridgehead atoms. The Morgan fingerprint density at radius 3 is 2.71 bits per heavy atom. The summed E-state index contributed by atoms with van der Waals surface area (Å²) in [4.78, 5) is 4.29. The molecule has 0 saturated carbocycles. The van der Waals surface area contributed by atoms with E-state index in [2.05, 4.69) is 4.98 Å². The van der Waals surface area contributed by atoms with E-state index in [9.17, 15) is 8.78 Å². The quantitative estimate of drug-likeness (QED) is 0.852. The zero-order valence-electron chi connectivity index (χ0n) is 8.86. The van der Waals surface area contributed by atoms with Gasteiger partial charge in [0.15, 0.2) is 0 Å². The lowest BCUT2D eigenvalue weighted by atomic mass is 10.3. The van der Waals surface area contributed by atoms with Gasteiger partial charge < -0.3 is 5.73 Å². The smallest absolute Gasteiger partial charge is 0.139 e. The van der Waals surface area contributed by atoms with E-state index in [0.717, 1.165) is 11.6 Å². The number of nitrogens with two attached hydrogens (primary N) is 1. The van der Waals surface area contributed by atoms with Crippen LogP contribution in [0.3, 0.4) is 0 Å². The molecule has 0 aliphatic carbocycles. The number of rotatable bonds is 3. The predicted molar refractivity (Wildman–Crippen MR) is 64.6 cm³/mol. The molecule has 0 fully saturated rings. The van der Waals surface area contributed by atoms with Crippen molar-refractivity contribution in [1.82, 2.24) is 4.98 Å². The van der Waals surface area contributed by atoms with Crippen molar-refractivity contribution in [3.8, 4) is 0 Å². The molecule has 17 heavy (non-hydrogen) atoms. The summed E-state index contributed by atoms with van der Waals surface area (Å²) in [7, 11) is 0. The van der Waals surface area contributed by atoms with Crippen molar-refractivity contribution in [2.45, 2.75) is 10.6 Å². The molecule has 0 aliphatic rings. The van der Waals surface area contributed by atoms with Gasteiger partial charge in [-0.2, -0.15) is 0 Å². The fraction of sp³-hybridized carbons (Fsp3) is 0.0833. The third-order valence-corrected chi connectivity index (χ3v) is 3.25. The van der Waals surface area contributed by atoms with Crippen LogP contribution in [0.25, 0.3) is 0 Å². The number of pyridine rings is 1. The van der Waals surface area contributed by atoms with Crippen LogP contribution in [0.1, 0.15) is 5.56 Å². The van der Waals surface area contributed by atoms with Gasteiger partial charge in [0.05, 0.1) is 0 Å². The third kappa shape index (κ3) is 3.17. The number of hydrogen-bond acceptors (Lipinski definition) is 3. The number of nitrogen functional groups attached to an aromatic ring is 1. The average Bonchev–Trinajstić information content (AvgIpc) is 2.28. The molecule has 0 radical (unpaired) electrons. The van der Waals surface area contributed by atoms with E-state index in [1.54, 1.807) is 12.3 Å². The van der Waals surface area contributed by atoms with E-state index in [1.165, 1.54) is 23.9 Å². The maximum Gasteiger partial charge on any atom is 0.139 e. The van der Waals surface area contributed by atoms with Crippen LogP contribution >= 0.6 is 11.8 Å². The molecule has 1 heterocycles. The molecular weight excluding hydrogens is 242 g/mol. The van der Waals surface area contributed by atoms with Crippen molar-refractivity contribution < 1.29 is 8.78 Å². The summed E-state index contributed by atoms with van der Waals surface area (Å²) in [5.41, 5.74) is 6.48. The molecule has 0 spiro atoms. The molecule has 2 N–H and O–H groups in total. The fourth-order valence-electron chi connectivity index (χ4n) is 1.34. The summed E-state index contributed by atoms with van der Waals surface area (Å²) >= 11 is 1.29. The first-order valence-electron chi connectivity index (χ1n) is 4.93. The topological polar surface area (TPSA) is 38.9 Å². The van der Waals surface area contributed by atoms with Crippen LogP contribution < -0.4 is 5.73 Å². The van der Waals surface area contributed by atoms with Gasteiger partial charge in [0, 0.05) is 22.9 Å². The Morgan fingerprint density at radius 1 is 1.18 bits per heavy atom. The van der Waals surface area contributed by atoms with Crippen LogP contribution in [0.5, 0.6) is 0 Å². The van der Waals surface area contributed by atoms with Gasteiger partial charge >= 0.3 is 0 Å². The van der Waals surface area contributed by atoms with Crippen molar-refractivity contribution in [2.75, 3.05) is 5.73 Å². The lowest BCUT2D eigenvalue weighted by molar-refractivity contribution is 0.565. The molecule has 0 saturated heterocycles. The molecule has 0 aliphatic heterocycles. The Morgan fingerprint density at radius 2 is 2.00 bits per heavy atom. The molecule has 0 amide bonds. The monoisotopic (exact) mass is 252 g/mol. The van der Waals surface area contributed by atoms with Crippen LogP contribution in [0, 0.1) is 11.6 Å². The summed E-state index contributed by atoms with van der Waals surface area (Å²) < 4.78 is 26.0. The summed E-state index contributed by atoms with van der Waals surface area (Å²) in [5.74, 6) is -0.116. The number of hydrogen-bond donors (Lipinski definition) is 1. The van der Waals surface area contributed by atoms with E-state index in [-0.39, 0.29) is 0 Å². The third-order valence-electron chi connectivity index (χ3n) is 2.13. The first-order valence-corrected chi connectivity index (χ1v) is 5.92. The summed E-state index contributed by atoms with van der Waals surface area (Å²) in [5, 5.41) is 0. The minimum Gasteiger partial charge on any atom is -0.384 e. The molecule has 2 nitrogen and oxygen atoms in total. The summed E-state index contributed by atoms with van der Waals surface area (Å²) in [6.07, 6.45) is 1.60. The van der Waals surface area contributed by atoms with Gasteiger partial charge in [-0.25, -0.2) is 13.8 Å². The van der Waals surface area contributed by atoms with Crippen LogP contribution in [0.15, 0.2) is 41.4 Å². The lowest BCUT2D eigenvalue weighted by Gasteiger charge is -2.04. The Labute approximate surface area is 102 Å². The van der Waals surface area contributed by atoms with Crippen molar-refractivity contribution in [3.63, 3.8) is 0 Å². The Balaban J connectivity index is 2.07. The Bertz CT molecular complexity index is 532. The molecule has 1 aromatic heterocycles. The maximum atomic E-state index is 13.3. The highest BCUT2D eigenvalue weighted by Gasteiger charge is 2.04. The van der Waals surface area contributed by atoms with Gasteiger partial charge in [0.1, 0.15) is 17.5 Å². The summed E-state index contributed by atoms with van der Waals surface area (Å²) in [6.45, 7) is 0. The highest BCUT2D eigenvalue weighted by Crippen LogP contribution is 2.26. The first-order chi connectivity index (χ1) is 8.15. The van der Waals surface area contributed by atoms with Gasteiger partial charge in [-0.15, -0.1) is 11.8 Å². The zero-order valence-corrected chi connectivity index (χ0v) is 9.68. The van der Waals surface area contributed by atoms with Crippen LogP contribution in [0.2, 0.25) is 0 Å². The highest BCUT2D eigenvalue weighted by molar-refractivity contribution is 7.98. The van der Waals surface area contributed by atoms with Crippen molar-refractivity contribution >= 4 is 17.6 Å². The number of benzene rings is 1. The first kappa shape index (κ1) is 11.9. The van der Waals surface area contributed by atoms with Crippen molar-refractivity contribution in [3.05, 3.63) is 53.7 Å². The molecule has 5 heteroatoms. The van der Waals surface area contributed by atoms with E-state index >= 15 is 0 Å². The number of halogens is 2. The van der Waals surface area contributed by atoms with E-state index in [0.29, 0.717) is 16.5 Å². The highest BCUT2D eigenvalue weighted by atomic mass is 32.2. The fourth-order valence-corrected chi connectivity index (χ4v) is 2.20. The molecule has 1 aromatic carbocycles. The van der Waals surface area contributed by atoms with Crippen LogP contribution in [-0.2, 0) is 5.75 Å². The zero-order chi connectivity index (χ0) is 12.3. The van der Waals surface area contributed by atoms with Crippen LogP contribution in [-0.4, -0.2) is 4.98 Å². The molecule has 88 valence electrons. The normalized spacial score (nSPS) is 10.5.